The molecule has 5 heteroatoms. The Bertz CT molecular complexity index is 419. The van der Waals surface area contributed by atoms with E-state index in [0.29, 0.717) is 19.3 Å². The van der Waals surface area contributed by atoms with Crippen molar-refractivity contribution in [3.8, 4) is 0 Å². The number of hydrogen-bond donors (Lipinski definition) is 2. The average Bonchev–Trinajstić information content (AvgIpc) is 2.58. The molecular weight excluding hydrogens is 218 g/mol. The summed E-state index contributed by atoms with van der Waals surface area (Å²) in [5, 5.41) is 17.0. The Labute approximate surface area is 101 Å². The zero-order chi connectivity index (χ0) is 12.5. The first-order valence-electron chi connectivity index (χ1n) is 5.97. The molecule has 2 heterocycles. The minimum atomic E-state index is -0.683. The van der Waals surface area contributed by atoms with Crippen molar-refractivity contribution < 1.29 is 9.90 Å². The first-order valence-corrected chi connectivity index (χ1v) is 5.97. The van der Waals surface area contributed by atoms with E-state index in [0.717, 1.165) is 24.5 Å². The Balaban J connectivity index is 2.23. The molecule has 1 aromatic rings. The van der Waals surface area contributed by atoms with Crippen LogP contribution in [0.25, 0.3) is 0 Å². The standard InChI is InChI=1S/C12H19N3O2/c1-9-7-10(15(2)14-9)8-12(11(16)17)3-5-13-6-4-12/h7,13H,3-6,8H2,1-2H3,(H,16,17). The minimum Gasteiger partial charge on any atom is -0.481 e. The molecular formula is C12H19N3O2. The number of carbonyl (C=O) groups is 1. The van der Waals surface area contributed by atoms with E-state index >= 15 is 0 Å². The number of carboxylic acid groups (broad SMARTS) is 1. The molecule has 1 aromatic heterocycles. The normalized spacial score (nSPS) is 19.2. The molecule has 0 aliphatic carbocycles. The molecule has 94 valence electrons. The zero-order valence-electron chi connectivity index (χ0n) is 10.4. The third-order valence-electron chi connectivity index (χ3n) is 3.63. The monoisotopic (exact) mass is 237 g/mol. The summed E-state index contributed by atoms with van der Waals surface area (Å²) in [5.41, 5.74) is 1.33. The van der Waals surface area contributed by atoms with Crippen molar-refractivity contribution in [3.05, 3.63) is 17.5 Å². The highest BCUT2D eigenvalue weighted by Crippen LogP contribution is 2.33. The maximum absolute atomic E-state index is 11.5. The van der Waals surface area contributed by atoms with Crippen LogP contribution in [0.1, 0.15) is 24.2 Å². The van der Waals surface area contributed by atoms with Crippen LogP contribution in [0.15, 0.2) is 6.07 Å². The summed E-state index contributed by atoms with van der Waals surface area (Å²) in [6, 6.07) is 1.98. The molecule has 2 rings (SSSR count). The summed E-state index contributed by atoms with van der Waals surface area (Å²) in [6.07, 6.45) is 1.94. The third-order valence-corrected chi connectivity index (χ3v) is 3.63. The second kappa shape index (κ2) is 4.49. The molecule has 0 atom stereocenters. The van der Waals surface area contributed by atoms with Gasteiger partial charge in [-0.3, -0.25) is 9.48 Å². The van der Waals surface area contributed by atoms with Crippen LogP contribution in [0, 0.1) is 12.3 Å². The number of carboxylic acids is 1. The van der Waals surface area contributed by atoms with Gasteiger partial charge in [-0.1, -0.05) is 0 Å². The number of aryl methyl sites for hydroxylation is 2. The predicted molar refractivity (Wildman–Crippen MR) is 63.8 cm³/mol. The van der Waals surface area contributed by atoms with Crippen molar-refractivity contribution >= 4 is 5.97 Å². The summed E-state index contributed by atoms with van der Waals surface area (Å²) < 4.78 is 1.79. The van der Waals surface area contributed by atoms with Crippen LogP contribution >= 0.6 is 0 Å². The molecule has 1 aliphatic rings. The van der Waals surface area contributed by atoms with Crippen LogP contribution in [0.5, 0.6) is 0 Å². The molecule has 0 unspecified atom stereocenters. The van der Waals surface area contributed by atoms with E-state index in [1.54, 1.807) is 4.68 Å². The summed E-state index contributed by atoms with van der Waals surface area (Å²) in [5.74, 6) is -0.683. The van der Waals surface area contributed by atoms with Gasteiger partial charge in [0.05, 0.1) is 11.1 Å². The molecule has 0 saturated carbocycles. The lowest BCUT2D eigenvalue weighted by atomic mass is 9.75. The molecule has 0 bridgehead atoms. The molecule has 1 fully saturated rings. The summed E-state index contributed by atoms with van der Waals surface area (Å²) in [4.78, 5) is 11.5. The van der Waals surface area contributed by atoms with Crippen LogP contribution in [0.4, 0.5) is 0 Å². The number of rotatable bonds is 3. The van der Waals surface area contributed by atoms with E-state index in [9.17, 15) is 9.90 Å². The van der Waals surface area contributed by atoms with Crippen LogP contribution in [-0.4, -0.2) is 33.9 Å². The fraction of sp³-hybridized carbons (Fsp3) is 0.667. The summed E-state index contributed by atoms with van der Waals surface area (Å²) in [7, 11) is 1.87. The van der Waals surface area contributed by atoms with Crippen LogP contribution in [0.2, 0.25) is 0 Å². The molecule has 0 amide bonds. The number of aromatic nitrogens is 2. The second-order valence-corrected chi connectivity index (χ2v) is 4.91. The highest BCUT2D eigenvalue weighted by Gasteiger charge is 2.40. The van der Waals surface area contributed by atoms with Crippen LogP contribution in [0.3, 0.4) is 0 Å². The van der Waals surface area contributed by atoms with Crippen LogP contribution in [-0.2, 0) is 18.3 Å². The number of piperidine rings is 1. The van der Waals surface area contributed by atoms with Gasteiger partial charge in [-0.2, -0.15) is 5.10 Å². The van der Waals surface area contributed by atoms with E-state index in [4.69, 9.17) is 0 Å². The molecule has 0 spiro atoms. The maximum Gasteiger partial charge on any atom is 0.310 e. The molecule has 0 radical (unpaired) electrons. The van der Waals surface area contributed by atoms with Crippen molar-refractivity contribution in [2.45, 2.75) is 26.2 Å². The number of nitrogens with one attached hydrogen (secondary N) is 1. The molecule has 17 heavy (non-hydrogen) atoms. The first-order chi connectivity index (χ1) is 8.03. The van der Waals surface area contributed by atoms with E-state index in [-0.39, 0.29) is 0 Å². The van der Waals surface area contributed by atoms with E-state index in [1.807, 2.05) is 20.0 Å². The average molecular weight is 237 g/mol. The van der Waals surface area contributed by atoms with Crippen LogP contribution < -0.4 is 5.32 Å². The Kier molecular flexibility index (Phi) is 3.19. The van der Waals surface area contributed by atoms with Crippen molar-refractivity contribution in [2.24, 2.45) is 12.5 Å². The van der Waals surface area contributed by atoms with Crippen molar-refractivity contribution in [1.29, 1.82) is 0 Å². The van der Waals surface area contributed by atoms with Gasteiger partial charge in [-0.05, 0) is 38.9 Å². The SMILES string of the molecule is Cc1cc(CC2(C(=O)O)CCNCC2)n(C)n1. The quantitative estimate of drug-likeness (QED) is 0.813. The molecule has 5 nitrogen and oxygen atoms in total. The van der Waals surface area contributed by atoms with E-state index < -0.39 is 11.4 Å². The van der Waals surface area contributed by atoms with Gasteiger partial charge in [0, 0.05) is 19.2 Å². The van der Waals surface area contributed by atoms with Gasteiger partial charge in [-0.15, -0.1) is 0 Å². The first kappa shape index (κ1) is 12.1. The Hall–Kier alpha value is -1.36. The topological polar surface area (TPSA) is 67.2 Å². The third kappa shape index (κ3) is 2.34. The maximum atomic E-state index is 11.5. The second-order valence-electron chi connectivity index (χ2n) is 4.91. The van der Waals surface area contributed by atoms with Gasteiger partial charge in [-0.25, -0.2) is 0 Å². The fourth-order valence-electron chi connectivity index (χ4n) is 2.55. The van der Waals surface area contributed by atoms with Gasteiger partial charge < -0.3 is 10.4 Å². The Morgan fingerprint density at radius 1 is 1.59 bits per heavy atom. The van der Waals surface area contributed by atoms with Crippen molar-refractivity contribution in [3.63, 3.8) is 0 Å². The van der Waals surface area contributed by atoms with Crippen molar-refractivity contribution in [2.75, 3.05) is 13.1 Å². The molecule has 2 N–H and O–H groups in total. The van der Waals surface area contributed by atoms with Gasteiger partial charge in [0.2, 0.25) is 0 Å². The summed E-state index contributed by atoms with van der Waals surface area (Å²) >= 11 is 0. The fourth-order valence-corrected chi connectivity index (χ4v) is 2.55. The predicted octanol–water partition coefficient (Wildman–Crippen LogP) is 0.725. The van der Waals surface area contributed by atoms with Gasteiger partial charge in [0.15, 0.2) is 0 Å². The smallest absolute Gasteiger partial charge is 0.310 e. The summed E-state index contributed by atoms with van der Waals surface area (Å²) in [6.45, 7) is 3.49. The Morgan fingerprint density at radius 3 is 2.71 bits per heavy atom. The van der Waals surface area contributed by atoms with Gasteiger partial charge >= 0.3 is 5.97 Å². The largest absolute Gasteiger partial charge is 0.481 e. The number of nitrogens with zero attached hydrogens (tertiary/aromatic N) is 2. The van der Waals surface area contributed by atoms with Crippen molar-refractivity contribution in [1.82, 2.24) is 15.1 Å². The number of hydrogen-bond acceptors (Lipinski definition) is 3. The minimum absolute atomic E-state index is 0.571. The van der Waals surface area contributed by atoms with Gasteiger partial charge in [0.1, 0.15) is 0 Å². The molecule has 1 saturated heterocycles. The molecule has 1 aliphatic heterocycles. The Morgan fingerprint density at radius 2 is 2.24 bits per heavy atom. The zero-order valence-corrected chi connectivity index (χ0v) is 10.4. The highest BCUT2D eigenvalue weighted by atomic mass is 16.4. The highest BCUT2D eigenvalue weighted by molar-refractivity contribution is 5.75. The van der Waals surface area contributed by atoms with Gasteiger partial charge in [0.25, 0.3) is 0 Å². The lowest BCUT2D eigenvalue weighted by molar-refractivity contribution is -0.150. The lowest BCUT2D eigenvalue weighted by Crippen LogP contribution is -2.43. The van der Waals surface area contributed by atoms with E-state index in [1.165, 1.54) is 0 Å². The van der Waals surface area contributed by atoms with E-state index in [2.05, 4.69) is 10.4 Å². The molecule has 0 aromatic carbocycles. The number of aliphatic carboxylic acids is 1. The lowest BCUT2D eigenvalue weighted by Gasteiger charge is -2.33.